The van der Waals surface area contributed by atoms with Crippen LogP contribution in [0.5, 0.6) is 0 Å². The fourth-order valence-corrected chi connectivity index (χ4v) is 1.77. The Morgan fingerprint density at radius 2 is 2.00 bits per heavy atom. The molecule has 2 nitrogen and oxygen atoms in total. The van der Waals surface area contributed by atoms with Crippen LogP contribution in [-0.2, 0) is 0 Å². The molecule has 0 bridgehead atoms. The lowest BCUT2D eigenvalue weighted by Gasteiger charge is -2.08. The summed E-state index contributed by atoms with van der Waals surface area (Å²) in [4.78, 5) is 1.30. The molecule has 1 aromatic carbocycles. The van der Waals surface area contributed by atoms with E-state index in [1.807, 2.05) is 6.92 Å². The zero-order valence-corrected chi connectivity index (χ0v) is 10.3. The number of anilines is 1. The maximum absolute atomic E-state index is 5.68. The molecular formula is C12H20N2S. The number of benzene rings is 1. The first-order valence-electron chi connectivity index (χ1n) is 5.36. The van der Waals surface area contributed by atoms with Gasteiger partial charge < -0.3 is 11.1 Å². The van der Waals surface area contributed by atoms with Crippen molar-refractivity contribution in [2.24, 2.45) is 5.73 Å². The van der Waals surface area contributed by atoms with Crippen molar-refractivity contribution >= 4 is 17.4 Å². The second kappa shape index (κ2) is 6.75. The minimum atomic E-state index is 0.311. The van der Waals surface area contributed by atoms with Gasteiger partial charge in [-0.2, -0.15) is 0 Å². The van der Waals surface area contributed by atoms with Gasteiger partial charge in [0, 0.05) is 23.2 Å². The molecule has 0 saturated heterocycles. The van der Waals surface area contributed by atoms with Crippen LogP contribution in [0.1, 0.15) is 19.8 Å². The Morgan fingerprint density at radius 1 is 1.33 bits per heavy atom. The summed E-state index contributed by atoms with van der Waals surface area (Å²) in [6, 6.07) is 8.83. The van der Waals surface area contributed by atoms with E-state index in [0.717, 1.165) is 19.4 Å². The summed E-state index contributed by atoms with van der Waals surface area (Å²) in [6.45, 7) is 3.05. The van der Waals surface area contributed by atoms with Crippen molar-refractivity contribution in [2.75, 3.05) is 18.1 Å². The van der Waals surface area contributed by atoms with Gasteiger partial charge in [0.05, 0.1) is 0 Å². The molecule has 0 spiro atoms. The summed E-state index contributed by atoms with van der Waals surface area (Å²) in [5.41, 5.74) is 6.87. The summed E-state index contributed by atoms with van der Waals surface area (Å²) in [7, 11) is 0. The molecule has 3 heteroatoms. The number of nitrogens with one attached hydrogen (secondary N) is 1. The van der Waals surface area contributed by atoms with E-state index < -0.39 is 0 Å². The summed E-state index contributed by atoms with van der Waals surface area (Å²) in [5.74, 6) is 0. The topological polar surface area (TPSA) is 38.0 Å². The van der Waals surface area contributed by atoms with Crippen LogP contribution in [0.2, 0.25) is 0 Å². The quantitative estimate of drug-likeness (QED) is 0.576. The van der Waals surface area contributed by atoms with Crippen molar-refractivity contribution < 1.29 is 0 Å². The molecule has 1 atom stereocenters. The maximum atomic E-state index is 5.68. The van der Waals surface area contributed by atoms with Gasteiger partial charge in [0.15, 0.2) is 0 Å². The van der Waals surface area contributed by atoms with Gasteiger partial charge in [-0.05, 0) is 50.3 Å². The van der Waals surface area contributed by atoms with E-state index in [0.29, 0.717) is 6.04 Å². The minimum absolute atomic E-state index is 0.311. The third-order valence-corrected chi connectivity index (χ3v) is 3.00. The van der Waals surface area contributed by atoms with Crippen LogP contribution in [0.25, 0.3) is 0 Å². The van der Waals surface area contributed by atoms with Crippen molar-refractivity contribution in [1.29, 1.82) is 0 Å². The van der Waals surface area contributed by atoms with E-state index in [4.69, 9.17) is 5.73 Å². The summed E-state index contributed by atoms with van der Waals surface area (Å²) < 4.78 is 0. The molecule has 0 aromatic heterocycles. The van der Waals surface area contributed by atoms with Gasteiger partial charge in [0.2, 0.25) is 0 Å². The predicted octanol–water partition coefficient (Wildman–Crippen LogP) is 2.95. The van der Waals surface area contributed by atoms with Crippen LogP contribution in [0.3, 0.4) is 0 Å². The molecule has 15 heavy (non-hydrogen) atoms. The highest BCUT2D eigenvalue weighted by Gasteiger charge is 1.95. The fourth-order valence-electron chi connectivity index (χ4n) is 1.37. The van der Waals surface area contributed by atoms with E-state index >= 15 is 0 Å². The van der Waals surface area contributed by atoms with E-state index in [1.54, 1.807) is 11.8 Å². The highest BCUT2D eigenvalue weighted by atomic mass is 32.2. The molecule has 0 fully saturated rings. The van der Waals surface area contributed by atoms with Crippen molar-refractivity contribution in [2.45, 2.75) is 30.7 Å². The van der Waals surface area contributed by atoms with Crippen molar-refractivity contribution in [3.05, 3.63) is 24.3 Å². The first-order chi connectivity index (χ1) is 7.22. The first kappa shape index (κ1) is 12.4. The molecular weight excluding hydrogens is 204 g/mol. The smallest absolute Gasteiger partial charge is 0.0340 e. The Morgan fingerprint density at radius 3 is 2.53 bits per heavy atom. The van der Waals surface area contributed by atoms with Crippen LogP contribution in [0, 0.1) is 0 Å². The molecule has 0 amide bonds. The zero-order chi connectivity index (χ0) is 11.1. The Hall–Kier alpha value is -0.670. The average molecular weight is 224 g/mol. The average Bonchev–Trinajstić information content (AvgIpc) is 2.25. The molecule has 0 aliphatic rings. The van der Waals surface area contributed by atoms with Gasteiger partial charge in [0.1, 0.15) is 0 Å². The summed E-state index contributed by atoms with van der Waals surface area (Å²) >= 11 is 1.77. The molecule has 0 heterocycles. The Labute approximate surface area is 96.6 Å². The predicted molar refractivity (Wildman–Crippen MR) is 69.6 cm³/mol. The number of thioether (sulfide) groups is 1. The summed E-state index contributed by atoms with van der Waals surface area (Å²) in [6.07, 6.45) is 4.29. The standard InChI is InChI=1S/C12H20N2S/c1-10(13)4-3-9-14-11-5-7-12(15-2)8-6-11/h5-8,10,14H,3-4,9,13H2,1-2H3. The molecule has 0 radical (unpaired) electrons. The molecule has 0 aliphatic carbocycles. The minimum Gasteiger partial charge on any atom is -0.385 e. The first-order valence-corrected chi connectivity index (χ1v) is 6.58. The third kappa shape index (κ3) is 5.09. The molecule has 1 aromatic rings. The van der Waals surface area contributed by atoms with E-state index in [-0.39, 0.29) is 0 Å². The van der Waals surface area contributed by atoms with Gasteiger partial charge in [-0.25, -0.2) is 0 Å². The normalized spacial score (nSPS) is 12.5. The molecule has 0 aliphatic heterocycles. The Kier molecular flexibility index (Phi) is 5.58. The van der Waals surface area contributed by atoms with Crippen LogP contribution in [0.15, 0.2) is 29.2 Å². The van der Waals surface area contributed by atoms with Gasteiger partial charge in [-0.3, -0.25) is 0 Å². The third-order valence-electron chi connectivity index (χ3n) is 2.26. The summed E-state index contributed by atoms with van der Waals surface area (Å²) in [5, 5.41) is 3.39. The molecule has 0 saturated carbocycles. The molecule has 84 valence electrons. The largest absolute Gasteiger partial charge is 0.385 e. The van der Waals surface area contributed by atoms with E-state index in [2.05, 4.69) is 35.8 Å². The molecule has 1 unspecified atom stereocenters. The lowest BCUT2D eigenvalue weighted by atomic mass is 10.2. The lowest BCUT2D eigenvalue weighted by molar-refractivity contribution is 0.639. The van der Waals surface area contributed by atoms with Crippen molar-refractivity contribution in [1.82, 2.24) is 0 Å². The van der Waals surface area contributed by atoms with Crippen LogP contribution < -0.4 is 11.1 Å². The second-order valence-electron chi connectivity index (χ2n) is 3.77. The van der Waals surface area contributed by atoms with Gasteiger partial charge in [0.25, 0.3) is 0 Å². The Balaban J connectivity index is 2.25. The number of hydrogen-bond acceptors (Lipinski definition) is 3. The lowest BCUT2D eigenvalue weighted by Crippen LogP contribution is -2.16. The molecule has 1 rings (SSSR count). The zero-order valence-electron chi connectivity index (χ0n) is 9.49. The number of nitrogens with two attached hydrogens (primary N) is 1. The second-order valence-corrected chi connectivity index (χ2v) is 4.65. The van der Waals surface area contributed by atoms with E-state index in [9.17, 15) is 0 Å². The van der Waals surface area contributed by atoms with Crippen molar-refractivity contribution in [3.8, 4) is 0 Å². The number of rotatable bonds is 6. The monoisotopic (exact) mass is 224 g/mol. The fraction of sp³-hybridized carbons (Fsp3) is 0.500. The van der Waals surface area contributed by atoms with Crippen molar-refractivity contribution in [3.63, 3.8) is 0 Å². The highest BCUT2D eigenvalue weighted by molar-refractivity contribution is 7.98. The van der Waals surface area contributed by atoms with E-state index in [1.165, 1.54) is 10.6 Å². The number of hydrogen-bond donors (Lipinski definition) is 2. The van der Waals surface area contributed by atoms with Crippen LogP contribution in [-0.4, -0.2) is 18.8 Å². The van der Waals surface area contributed by atoms with Crippen LogP contribution >= 0.6 is 11.8 Å². The van der Waals surface area contributed by atoms with Gasteiger partial charge >= 0.3 is 0 Å². The highest BCUT2D eigenvalue weighted by Crippen LogP contribution is 2.17. The van der Waals surface area contributed by atoms with Gasteiger partial charge in [-0.15, -0.1) is 11.8 Å². The molecule has 3 N–H and O–H groups in total. The maximum Gasteiger partial charge on any atom is 0.0340 e. The SMILES string of the molecule is CSc1ccc(NCCCC(C)N)cc1. The van der Waals surface area contributed by atoms with Crippen LogP contribution in [0.4, 0.5) is 5.69 Å². The van der Waals surface area contributed by atoms with Gasteiger partial charge in [-0.1, -0.05) is 0 Å². The Bertz CT molecular complexity index is 269.